The maximum absolute atomic E-state index is 12.5. The zero-order valence-corrected chi connectivity index (χ0v) is 16.0. The topological polar surface area (TPSA) is 92.7 Å². The van der Waals surface area contributed by atoms with E-state index >= 15 is 0 Å². The van der Waals surface area contributed by atoms with Gasteiger partial charge in [-0.05, 0) is 32.8 Å². The fourth-order valence-electron chi connectivity index (χ4n) is 3.06. The van der Waals surface area contributed by atoms with E-state index in [1.165, 1.54) is 4.68 Å². The number of carbonyl (C=O) groups is 1. The number of hydrogen-bond donors (Lipinski definition) is 2. The number of H-pyrrole nitrogens is 1. The second-order valence-electron chi connectivity index (χ2n) is 6.60. The van der Waals surface area contributed by atoms with E-state index in [1.807, 2.05) is 45.0 Å². The second kappa shape index (κ2) is 7.57. The minimum Gasteiger partial charge on any atom is -0.310 e. The molecule has 3 rings (SSSR count). The molecule has 27 heavy (non-hydrogen) atoms. The van der Waals surface area contributed by atoms with Crippen molar-refractivity contribution < 1.29 is 4.79 Å². The molecule has 2 aromatic heterocycles. The molecule has 0 spiro atoms. The summed E-state index contributed by atoms with van der Waals surface area (Å²) in [6.45, 7) is 7.51. The lowest BCUT2D eigenvalue weighted by Crippen LogP contribution is -2.22. The smallest absolute Gasteiger partial charge is 0.255 e. The standard InChI is InChI=1S/C20H23N5O2/c1-5-16-14(4)21-20(23-19(16)27)25-17(10-13(3)24-25)22-18(26)11-15-8-6-7-12(2)9-15/h6-10H,5,11H2,1-4H3,(H,22,26)(H,21,23,27). The van der Waals surface area contributed by atoms with Gasteiger partial charge in [0.15, 0.2) is 0 Å². The molecule has 2 N–H and O–H groups in total. The number of amides is 1. The lowest BCUT2D eigenvalue weighted by molar-refractivity contribution is -0.115. The van der Waals surface area contributed by atoms with Gasteiger partial charge < -0.3 is 5.32 Å². The molecule has 2 heterocycles. The number of aromatic nitrogens is 4. The van der Waals surface area contributed by atoms with Gasteiger partial charge in [-0.25, -0.2) is 4.98 Å². The molecule has 3 aromatic rings. The molecule has 0 fully saturated rings. The van der Waals surface area contributed by atoms with E-state index in [9.17, 15) is 9.59 Å². The first kappa shape index (κ1) is 18.6. The van der Waals surface area contributed by atoms with Gasteiger partial charge in [-0.1, -0.05) is 36.8 Å². The average molecular weight is 365 g/mol. The summed E-state index contributed by atoms with van der Waals surface area (Å²) in [7, 11) is 0. The second-order valence-corrected chi connectivity index (χ2v) is 6.60. The third-order valence-corrected chi connectivity index (χ3v) is 4.31. The molecular weight excluding hydrogens is 342 g/mol. The van der Waals surface area contributed by atoms with Gasteiger partial charge in [0.2, 0.25) is 11.9 Å². The first-order valence-corrected chi connectivity index (χ1v) is 8.89. The van der Waals surface area contributed by atoms with Crippen LogP contribution in [0.25, 0.3) is 5.95 Å². The molecule has 1 amide bonds. The number of benzene rings is 1. The summed E-state index contributed by atoms with van der Waals surface area (Å²) in [6, 6.07) is 9.56. The molecule has 0 bridgehead atoms. The summed E-state index contributed by atoms with van der Waals surface area (Å²) in [5.74, 6) is 0.594. The predicted molar refractivity (Wildman–Crippen MR) is 104 cm³/mol. The van der Waals surface area contributed by atoms with Gasteiger partial charge in [-0.2, -0.15) is 9.78 Å². The molecule has 140 valence electrons. The molecule has 0 saturated carbocycles. The Labute approximate surface area is 157 Å². The van der Waals surface area contributed by atoms with E-state index in [-0.39, 0.29) is 23.8 Å². The molecule has 0 aliphatic carbocycles. The Kier molecular flexibility index (Phi) is 5.21. The lowest BCUT2D eigenvalue weighted by Gasteiger charge is -2.10. The van der Waals surface area contributed by atoms with Crippen molar-refractivity contribution in [1.29, 1.82) is 0 Å². The third-order valence-electron chi connectivity index (χ3n) is 4.31. The largest absolute Gasteiger partial charge is 0.310 e. The van der Waals surface area contributed by atoms with Crippen molar-refractivity contribution in [3.05, 3.63) is 68.8 Å². The van der Waals surface area contributed by atoms with Crippen molar-refractivity contribution in [2.75, 3.05) is 5.32 Å². The molecule has 1 aromatic carbocycles. The monoisotopic (exact) mass is 365 g/mol. The maximum atomic E-state index is 12.5. The quantitative estimate of drug-likeness (QED) is 0.727. The molecule has 7 nitrogen and oxygen atoms in total. The lowest BCUT2D eigenvalue weighted by atomic mass is 10.1. The summed E-state index contributed by atoms with van der Waals surface area (Å²) < 4.78 is 1.46. The number of aryl methyl sites for hydroxylation is 3. The van der Waals surface area contributed by atoms with Gasteiger partial charge in [0.25, 0.3) is 5.56 Å². The first-order valence-electron chi connectivity index (χ1n) is 8.89. The van der Waals surface area contributed by atoms with E-state index in [2.05, 4.69) is 20.4 Å². The fourth-order valence-corrected chi connectivity index (χ4v) is 3.06. The van der Waals surface area contributed by atoms with Gasteiger partial charge in [0.1, 0.15) is 5.82 Å². The van der Waals surface area contributed by atoms with Gasteiger partial charge in [0, 0.05) is 17.3 Å². The van der Waals surface area contributed by atoms with Crippen LogP contribution in [0, 0.1) is 20.8 Å². The van der Waals surface area contributed by atoms with Crippen LogP contribution < -0.4 is 10.9 Å². The molecule has 0 saturated heterocycles. The van der Waals surface area contributed by atoms with Crippen LogP contribution in [0.2, 0.25) is 0 Å². The summed E-state index contributed by atoms with van der Waals surface area (Å²) in [5, 5.41) is 7.23. The molecule has 0 aliphatic heterocycles. The SMILES string of the molecule is CCc1c(C)nc(-n2nc(C)cc2NC(=O)Cc2cccc(C)c2)[nH]c1=O. The molecule has 0 radical (unpaired) electrons. The maximum Gasteiger partial charge on any atom is 0.255 e. The first-order chi connectivity index (χ1) is 12.9. The number of anilines is 1. The fraction of sp³-hybridized carbons (Fsp3) is 0.300. The number of rotatable bonds is 5. The van der Waals surface area contributed by atoms with Crippen molar-refractivity contribution >= 4 is 11.7 Å². The van der Waals surface area contributed by atoms with Crippen molar-refractivity contribution in [1.82, 2.24) is 19.7 Å². The molecule has 0 unspecified atom stereocenters. The number of aromatic amines is 1. The van der Waals surface area contributed by atoms with Crippen LogP contribution in [0.5, 0.6) is 0 Å². The molecular formula is C20H23N5O2. The van der Waals surface area contributed by atoms with Crippen molar-refractivity contribution in [3.8, 4) is 5.95 Å². The van der Waals surface area contributed by atoms with Crippen LogP contribution in [-0.2, 0) is 17.6 Å². The van der Waals surface area contributed by atoms with Crippen molar-refractivity contribution in [3.63, 3.8) is 0 Å². The van der Waals surface area contributed by atoms with Crippen LogP contribution in [0.15, 0.2) is 35.1 Å². The minimum atomic E-state index is -0.190. The highest BCUT2D eigenvalue weighted by Gasteiger charge is 2.15. The van der Waals surface area contributed by atoms with Gasteiger partial charge in [0.05, 0.1) is 12.1 Å². The van der Waals surface area contributed by atoms with Crippen molar-refractivity contribution in [2.45, 2.75) is 40.5 Å². The molecule has 0 atom stereocenters. The highest BCUT2D eigenvalue weighted by Crippen LogP contribution is 2.15. The van der Waals surface area contributed by atoms with Crippen LogP contribution in [0.3, 0.4) is 0 Å². The van der Waals surface area contributed by atoms with Crippen LogP contribution in [0.4, 0.5) is 5.82 Å². The summed E-state index contributed by atoms with van der Waals surface area (Å²) in [5.41, 5.74) is 3.86. The number of nitrogens with zero attached hydrogens (tertiary/aromatic N) is 3. The average Bonchev–Trinajstić information content (AvgIpc) is 2.94. The molecule has 0 aliphatic rings. The number of nitrogens with one attached hydrogen (secondary N) is 2. The zero-order valence-electron chi connectivity index (χ0n) is 16.0. The van der Waals surface area contributed by atoms with Gasteiger partial charge in [-0.3, -0.25) is 14.6 Å². The Hall–Kier alpha value is -3.22. The minimum absolute atomic E-state index is 0.161. The molecule has 7 heteroatoms. The van der Waals surface area contributed by atoms with E-state index in [1.54, 1.807) is 13.0 Å². The van der Waals surface area contributed by atoms with Crippen molar-refractivity contribution in [2.24, 2.45) is 0 Å². The van der Waals surface area contributed by atoms with E-state index in [4.69, 9.17) is 0 Å². The van der Waals surface area contributed by atoms with Gasteiger partial charge >= 0.3 is 0 Å². The van der Waals surface area contributed by atoms with Crippen LogP contribution >= 0.6 is 0 Å². The highest BCUT2D eigenvalue weighted by atomic mass is 16.1. The number of carbonyl (C=O) groups excluding carboxylic acids is 1. The highest BCUT2D eigenvalue weighted by molar-refractivity contribution is 5.91. The Morgan fingerprint density at radius 1 is 1.22 bits per heavy atom. The van der Waals surface area contributed by atoms with Gasteiger partial charge in [-0.15, -0.1) is 0 Å². The Morgan fingerprint density at radius 3 is 2.67 bits per heavy atom. The third kappa shape index (κ3) is 4.13. The zero-order chi connectivity index (χ0) is 19.6. The Balaban J connectivity index is 1.88. The summed E-state index contributed by atoms with van der Waals surface area (Å²) in [6.07, 6.45) is 0.857. The predicted octanol–water partition coefficient (Wildman–Crippen LogP) is 2.62. The normalized spacial score (nSPS) is 10.8. The van der Waals surface area contributed by atoms with Crippen LogP contribution in [0.1, 0.15) is 35.0 Å². The van der Waals surface area contributed by atoms with Crippen LogP contribution in [-0.4, -0.2) is 25.7 Å². The number of hydrogen-bond acceptors (Lipinski definition) is 4. The Morgan fingerprint density at radius 2 is 2.00 bits per heavy atom. The summed E-state index contributed by atoms with van der Waals surface area (Å²) in [4.78, 5) is 31.9. The van der Waals surface area contributed by atoms with E-state index < -0.39 is 0 Å². The Bertz CT molecular complexity index is 1050. The summed E-state index contributed by atoms with van der Waals surface area (Å²) >= 11 is 0. The van der Waals surface area contributed by atoms with E-state index in [0.29, 0.717) is 29.2 Å². The van der Waals surface area contributed by atoms with E-state index in [0.717, 1.165) is 11.1 Å².